The summed E-state index contributed by atoms with van der Waals surface area (Å²) in [6.07, 6.45) is 0. The second-order valence-corrected chi connectivity index (χ2v) is 5.29. The van der Waals surface area contributed by atoms with E-state index in [1.54, 1.807) is 0 Å². The van der Waals surface area contributed by atoms with Crippen molar-refractivity contribution in [2.75, 3.05) is 13.2 Å². The fraction of sp³-hybridized carbons (Fsp3) is 0.467. The van der Waals surface area contributed by atoms with Gasteiger partial charge < -0.3 is 9.64 Å². The van der Waals surface area contributed by atoms with E-state index >= 15 is 0 Å². The maximum absolute atomic E-state index is 12.0. The van der Waals surface area contributed by atoms with Crippen molar-refractivity contribution in [3.8, 4) is 6.07 Å². The molecule has 0 fully saturated rings. The number of amides is 1. The van der Waals surface area contributed by atoms with Crippen LogP contribution in [0.15, 0.2) is 30.3 Å². The number of nitrogens with zero attached hydrogens (tertiary/aromatic N) is 2. The third kappa shape index (κ3) is 6.03. The Morgan fingerprint density at radius 3 is 2.47 bits per heavy atom. The second kappa shape index (κ2) is 6.91. The summed E-state index contributed by atoms with van der Waals surface area (Å²) >= 11 is 0. The fourth-order valence-corrected chi connectivity index (χ4v) is 1.49. The molecule has 0 saturated heterocycles. The minimum Gasteiger partial charge on any atom is -0.366 e. The zero-order chi connectivity index (χ0) is 14.3. The molecule has 0 aliphatic heterocycles. The Bertz CT molecular complexity index is 443. The van der Waals surface area contributed by atoms with E-state index in [0.29, 0.717) is 6.54 Å². The highest BCUT2D eigenvalue weighted by Crippen LogP contribution is 2.09. The molecule has 0 spiro atoms. The molecule has 1 aromatic rings. The van der Waals surface area contributed by atoms with Crippen LogP contribution in [-0.2, 0) is 16.1 Å². The monoisotopic (exact) mass is 260 g/mol. The summed E-state index contributed by atoms with van der Waals surface area (Å²) in [5, 5.41) is 8.81. The molecule has 0 aliphatic rings. The van der Waals surface area contributed by atoms with Crippen molar-refractivity contribution in [3.63, 3.8) is 0 Å². The molecule has 0 aromatic heterocycles. The van der Waals surface area contributed by atoms with E-state index in [2.05, 4.69) is 0 Å². The SMILES string of the molecule is CC(C)(C)OCC(=O)N(CC#N)Cc1ccccc1. The molecule has 0 bridgehead atoms. The first-order valence-electron chi connectivity index (χ1n) is 6.25. The Balaban J connectivity index is 2.62. The van der Waals surface area contributed by atoms with Crippen LogP contribution in [0.4, 0.5) is 0 Å². The summed E-state index contributed by atoms with van der Waals surface area (Å²) in [4.78, 5) is 13.5. The predicted octanol–water partition coefficient (Wildman–Crippen LogP) is 2.35. The molecule has 0 saturated carbocycles. The Morgan fingerprint density at radius 2 is 1.95 bits per heavy atom. The van der Waals surface area contributed by atoms with E-state index < -0.39 is 0 Å². The van der Waals surface area contributed by atoms with E-state index in [4.69, 9.17) is 10.00 Å². The van der Waals surface area contributed by atoms with Gasteiger partial charge in [-0.1, -0.05) is 30.3 Å². The van der Waals surface area contributed by atoms with Crippen LogP contribution in [0, 0.1) is 11.3 Å². The Hall–Kier alpha value is -1.86. The molecule has 1 aromatic carbocycles. The van der Waals surface area contributed by atoms with Crippen LogP contribution < -0.4 is 0 Å². The van der Waals surface area contributed by atoms with Crippen LogP contribution in [0.5, 0.6) is 0 Å². The van der Waals surface area contributed by atoms with Crippen molar-refractivity contribution in [1.82, 2.24) is 4.90 Å². The molecule has 0 unspecified atom stereocenters. The van der Waals surface area contributed by atoms with Gasteiger partial charge in [-0.25, -0.2) is 0 Å². The second-order valence-electron chi connectivity index (χ2n) is 5.29. The Kier molecular flexibility index (Phi) is 5.53. The molecule has 0 radical (unpaired) electrons. The van der Waals surface area contributed by atoms with Crippen LogP contribution in [0.25, 0.3) is 0 Å². The lowest BCUT2D eigenvalue weighted by molar-refractivity contribution is -0.141. The standard InChI is InChI=1S/C15H20N2O2/c1-15(2,3)19-12-14(18)17(10-9-16)11-13-7-5-4-6-8-13/h4-8H,10-12H2,1-3H3. The van der Waals surface area contributed by atoms with E-state index in [0.717, 1.165) is 5.56 Å². The van der Waals surface area contributed by atoms with Crippen molar-refractivity contribution in [1.29, 1.82) is 5.26 Å². The van der Waals surface area contributed by atoms with Crippen molar-refractivity contribution in [3.05, 3.63) is 35.9 Å². The van der Waals surface area contributed by atoms with E-state index in [-0.39, 0.29) is 24.7 Å². The molecule has 0 atom stereocenters. The van der Waals surface area contributed by atoms with E-state index in [1.165, 1.54) is 4.90 Å². The summed E-state index contributed by atoms with van der Waals surface area (Å²) in [6.45, 7) is 6.18. The van der Waals surface area contributed by atoms with E-state index in [1.807, 2.05) is 57.2 Å². The van der Waals surface area contributed by atoms with Gasteiger partial charge >= 0.3 is 0 Å². The van der Waals surface area contributed by atoms with Gasteiger partial charge in [-0.05, 0) is 26.3 Å². The fourth-order valence-electron chi connectivity index (χ4n) is 1.49. The molecular weight excluding hydrogens is 240 g/mol. The third-order valence-electron chi connectivity index (χ3n) is 2.46. The van der Waals surface area contributed by atoms with Gasteiger partial charge in [-0.3, -0.25) is 4.79 Å². The molecule has 4 nitrogen and oxygen atoms in total. The summed E-state index contributed by atoms with van der Waals surface area (Å²) in [5.41, 5.74) is 0.641. The number of carbonyl (C=O) groups excluding carboxylic acids is 1. The Labute approximate surface area is 114 Å². The van der Waals surface area contributed by atoms with Gasteiger partial charge in [0, 0.05) is 6.54 Å². The summed E-state index contributed by atoms with van der Waals surface area (Å²) in [5.74, 6) is -0.166. The highest BCUT2D eigenvalue weighted by atomic mass is 16.5. The Morgan fingerprint density at radius 1 is 1.32 bits per heavy atom. The average molecular weight is 260 g/mol. The van der Waals surface area contributed by atoms with Gasteiger partial charge in [0.15, 0.2) is 0 Å². The molecule has 0 N–H and O–H groups in total. The molecule has 19 heavy (non-hydrogen) atoms. The summed E-state index contributed by atoms with van der Waals surface area (Å²) in [7, 11) is 0. The maximum Gasteiger partial charge on any atom is 0.249 e. The van der Waals surface area contributed by atoms with Crippen LogP contribution >= 0.6 is 0 Å². The lowest BCUT2D eigenvalue weighted by Crippen LogP contribution is -2.36. The number of nitriles is 1. The molecule has 0 aliphatic carbocycles. The maximum atomic E-state index is 12.0. The van der Waals surface area contributed by atoms with Crippen LogP contribution in [-0.4, -0.2) is 29.6 Å². The van der Waals surface area contributed by atoms with Crippen LogP contribution in [0.2, 0.25) is 0 Å². The third-order valence-corrected chi connectivity index (χ3v) is 2.46. The van der Waals surface area contributed by atoms with Gasteiger partial charge in [0.05, 0.1) is 11.7 Å². The van der Waals surface area contributed by atoms with Gasteiger partial charge in [0.1, 0.15) is 13.2 Å². The van der Waals surface area contributed by atoms with Crippen molar-refractivity contribution >= 4 is 5.91 Å². The molecular formula is C15H20N2O2. The normalized spacial score (nSPS) is 10.8. The first-order chi connectivity index (χ1) is 8.92. The van der Waals surface area contributed by atoms with Crippen molar-refractivity contribution in [2.24, 2.45) is 0 Å². The first kappa shape index (κ1) is 15.2. The van der Waals surface area contributed by atoms with Gasteiger partial charge in [0.25, 0.3) is 0 Å². The van der Waals surface area contributed by atoms with E-state index in [9.17, 15) is 4.79 Å². The average Bonchev–Trinajstić information content (AvgIpc) is 2.36. The van der Waals surface area contributed by atoms with Gasteiger partial charge in [-0.15, -0.1) is 0 Å². The van der Waals surface area contributed by atoms with Crippen molar-refractivity contribution < 1.29 is 9.53 Å². The number of ether oxygens (including phenoxy) is 1. The highest BCUT2D eigenvalue weighted by molar-refractivity contribution is 5.77. The van der Waals surface area contributed by atoms with Crippen LogP contribution in [0.3, 0.4) is 0 Å². The largest absolute Gasteiger partial charge is 0.366 e. The topological polar surface area (TPSA) is 53.3 Å². The number of carbonyl (C=O) groups is 1. The number of hydrogen-bond acceptors (Lipinski definition) is 3. The smallest absolute Gasteiger partial charge is 0.249 e. The zero-order valence-corrected chi connectivity index (χ0v) is 11.7. The van der Waals surface area contributed by atoms with Gasteiger partial charge in [0.2, 0.25) is 5.91 Å². The minimum atomic E-state index is -0.360. The quantitative estimate of drug-likeness (QED) is 0.764. The van der Waals surface area contributed by atoms with Gasteiger partial charge in [-0.2, -0.15) is 5.26 Å². The predicted molar refractivity (Wildman–Crippen MR) is 73.2 cm³/mol. The number of rotatable bonds is 5. The molecule has 102 valence electrons. The lowest BCUT2D eigenvalue weighted by atomic mass is 10.2. The number of benzene rings is 1. The summed E-state index contributed by atoms with van der Waals surface area (Å²) in [6, 6.07) is 11.6. The molecule has 1 rings (SSSR count). The lowest BCUT2D eigenvalue weighted by Gasteiger charge is -2.23. The van der Waals surface area contributed by atoms with Crippen LogP contribution in [0.1, 0.15) is 26.3 Å². The highest BCUT2D eigenvalue weighted by Gasteiger charge is 2.18. The number of hydrogen-bond donors (Lipinski definition) is 0. The first-order valence-corrected chi connectivity index (χ1v) is 6.25. The molecule has 0 heterocycles. The molecule has 4 heteroatoms. The molecule has 1 amide bonds. The minimum absolute atomic E-state index is 0.00197. The zero-order valence-electron chi connectivity index (χ0n) is 11.7. The summed E-state index contributed by atoms with van der Waals surface area (Å²) < 4.78 is 5.46. The van der Waals surface area contributed by atoms with Crippen molar-refractivity contribution in [2.45, 2.75) is 32.9 Å².